The number of benzene rings is 2. The Morgan fingerprint density at radius 1 is 1.06 bits per heavy atom. The first kappa shape index (κ1) is 9.32. The van der Waals surface area contributed by atoms with E-state index in [1.165, 1.54) is 16.7 Å². The molecule has 6 bridgehead atoms. The number of halogens is 1. The summed E-state index contributed by atoms with van der Waals surface area (Å²) in [7, 11) is 0. The summed E-state index contributed by atoms with van der Waals surface area (Å²) in [6.07, 6.45) is 4.32. The zero-order valence-electron chi connectivity index (χ0n) is 8.98. The first-order valence-corrected chi connectivity index (χ1v) is 5.98. The highest BCUT2D eigenvalue weighted by molar-refractivity contribution is 6.32. The molecule has 1 unspecified atom stereocenters. The van der Waals surface area contributed by atoms with E-state index in [0.717, 1.165) is 16.5 Å². The molecule has 0 saturated heterocycles. The lowest BCUT2D eigenvalue weighted by Gasteiger charge is -2.11. The number of ether oxygens (including phenoxy) is 1. The van der Waals surface area contributed by atoms with Crippen LogP contribution in [0.3, 0.4) is 0 Å². The quantitative estimate of drug-likeness (QED) is 0.654. The minimum atomic E-state index is 0.258. The molecule has 1 aliphatic carbocycles. The maximum absolute atomic E-state index is 6.35. The number of allylic oxidation sites excluding steroid dienone is 1. The summed E-state index contributed by atoms with van der Waals surface area (Å²) in [5.41, 5.74) is 3.59. The Balaban J connectivity index is 2.11. The molecule has 82 valence electrons. The van der Waals surface area contributed by atoms with Gasteiger partial charge < -0.3 is 4.74 Å². The number of rotatable bonds is 0. The van der Waals surface area contributed by atoms with E-state index in [9.17, 15) is 0 Å². The van der Waals surface area contributed by atoms with Crippen molar-refractivity contribution in [3.05, 3.63) is 64.2 Å². The topological polar surface area (TPSA) is 9.23 Å². The Hall–Kier alpha value is -1.73. The van der Waals surface area contributed by atoms with E-state index in [4.69, 9.17) is 16.3 Å². The van der Waals surface area contributed by atoms with Crippen LogP contribution in [0.25, 0.3) is 6.08 Å². The van der Waals surface area contributed by atoms with Crippen LogP contribution in [0.2, 0.25) is 5.02 Å². The molecule has 0 amide bonds. The number of hydrogen-bond acceptors (Lipinski definition) is 1. The third-order valence-corrected chi connectivity index (χ3v) is 3.68. The number of hydrogen-bond donors (Lipinski definition) is 0. The van der Waals surface area contributed by atoms with Gasteiger partial charge in [-0.15, -0.1) is 0 Å². The smallest absolute Gasteiger partial charge is 0.129 e. The van der Waals surface area contributed by atoms with Gasteiger partial charge >= 0.3 is 0 Å². The van der Waals surface area contributed by atoms with Gasteiger partial charge in [-0.2, -0.15) is 0 Å². The summed E-state index contributed by atoms with van der Waals surface area (Å²) >= 11 is 6.35. The Labute approximate surface area is 104 Å². The molecule has 0 saturated carbocycles. The molecule has 3 aliphatic rings. The van der Waals surface area contributed by atoms with E-state index in [2.05, 4.69) is 24.3 Å². The molecule has 0 N–H and O–H groups in total. The molecule has 2 aromatic carbocycles. The van der Waals surface area contributed by atoms with Crippen molar-refractivity contribution in [2.24, 2.45) is 0 Å². The van der Waals surface area contributed by atoms with E-state index < -0.39 is 0 Å². The van der Waals surface area contributed by atoms with Gasteiger partial charge in [0.05, 0.1) is 0 Å². The fraction of sp³-hybridized carbons (Fsp3) is 0.0667. The summed E-state index contributed by atoms with van der Waals surface area (Å²) in [5, 5.41) is 0.787. The van der Waals surface area contributed by atoms with Gasteiger partial charge in [-0.3, -0.25) is 0 Å². The van der Waals surface area contributed by atoms with Gasteiger partial charge in [-0.1, -0.05) is 35.9 Å². The Morgan fingerprint density at radius 2 is 2.00 bits per heavy atom. The van der Waals surface area contributed by atoms with E-state index in [1.54, 1.807) is 0 Å². The van der Waals surface area contributed by atoms with Crippen LogP contribution in [0.5, 0.6) is 11.5 Å². The van der Waals surface area contributed by atoms with Gasteiger partial charge in [0, 0.05) is 10.9 Å². The third kappa shape index (κ3) is 1.26. The maximum atomic E-state index is 6.35. The highest BCUT2D eigenvalue weighted by Crippen LogP contribution is 2.44. The van der Waals surface area contributed by atoms with Crippen molar-refractivity contribution < 1.29 is 4.74 Å². The molecule has 0 spiro atoms. The van der Waals surface area contributed by atoms with E-state index >= 15 is 0 Å². The van der Waals surface area contributed by atoms with Crippen molar-refractivity contribution in [2.75, 3.05) is 0 Å². The lowest BCUT2D eigenvalue weighted by Crippen LogP contribution is -1.95. The predicted molar refractivity (Wildman–Crippen MR) is 68.8 cm³/mol. The summed E-state index contributed by atoms with van der Waals surface area (Å²) in [6, 6.07) is 12.1. The second-order valence-corrected chi connectivity index (χ2v) is 4.83. The van der Waals surface area contributed by atoms with Crippen LogP contribution in [0.4, 0.5) is 0 Å². The molecule has 0 fully saturated rings. The Morgan fingerprint density at radius 3 is 2.94 bits per heavy atom. The first-order valence-electron chi connectivity index (χ1n) is 5.61. The van der Waals surface area contributed by atoms with Gasteiger partial charge in [-0.05, 0) is 41.0 Å². The Kier molecular flexibility index (Phi) is 1.72. The van der Waals surface area contributed by atoms with Crippen LogP contribution in [-0.2, 0) is 0 Å². The molecule has 5 rings (SSSR count). The van der Waals surface area contributed by atoms with Crippen LogP contribution < -0.4 is 4.74 Å². The van der Waals surface area contributed by atoms with Crippen LogP contribution in [0.15, 0.2) is 42.5 Å². The molecule has 17 heavy (non-hydrogen) atoms. The molecule has 2 aliphatic heterocycles. The normalized spacial score (nSPS) is 18.5. The van der Waals surface area contributed by atoms with Crippen LogP contribution in [0, 0.1) is 0 Å². The minimum Gasteiger partial charge on any atom is -0.457 e. The van der Waals surface area contributed by atoms with Crippen molar-refractivity contribution in [3.8, 4) is 11.5 Å². The first-order chi connectivity index (χ1) is 8.31. The monoisotopic (exact) mass is 240 g/mol. The fourth-order valence-electron chi connectivity index (χ4n) is 2.62. The lowest BCUT2D eigenvalue weighted by molar-refractivity contribution is 0.482. The molecular formula is C15H9ClO. The molecule has 2 aromatic rings. The Bertz CT molecular complexity index is 658. The van der Waals surface area contributed by atoms with E-state index in [0.29, 0.717) is 0 Å². The molecular weight excluding hydrogens is 232 g/mol. The largest absolute Gasteiger partial charge is 0.457 e. The predicted octanol–water partition coefficient (Wildman–Crippen LogP) is 4.60. The summed E-state index contributed by atoms with van der Waals surface area (Å²) < 4.78 is 5.82. The van der Waals surface area contributed by atoms with Gasteiger partial charge in [0.1, 0.15) is 11.5 Å². The third-order valence-electron chi connectivity index (χ3n) is 3.37. The van der Waals surface area contributed by atoms with Crippen molar-refractivity contribution >= 4 is 17.7 Å². The average molecular weight is 241 g/mol. The molecule has 2 heterocycles. The lowest BCUT2D eigenvalue weighted by atomic mass is 9.93. The summed E-state index contributed by atoms with van der Waals surface area (Å²) in [5.74, 6) is 1.93. The van der Waals surface area contributed by atoms with Crippen LogP contribution in [-0.4, -0.2) is 0 Å². The second kappa shape index (κ2) is 3.14. The fourth-order valence-corrected chi connectivity index (χ4v) is 2.95. The second-order valence-electron chi connectivity index (χ2n) is 4.42. The summed E-state index contributed by atoms with van der Waals surface area (Å²) in [6.45, 7) is 0. The minimum absolute atomic E-state index is 0.258. The molecule has 1 atom stereocenters. The molecule has 0 radical (unpaired) electrons. The van der Waals surface area contributed by atoms with Gasteiger partial charge in [0.15, 0.2) is 0 Å². The zero-order chi connectivity index (χ0) is 11.4. The zero-order valence-corrected chi connectivity index (χ0v) is 9.74. The maximum Gasteiger partial charge on any atom is 0.129 e. The van der Waals surface area contributed by atoms with Crippen molar-refractivity contribution in [1.82, 2.24) is 0 Å². The highest BCUT2D eigenvalue weighted by atomic mass is 35.5. The SMILES string of the molecule is Clc1cc2cc3c1C(C=C3)c1cccc(c1)O2. The summed E-state index contributed by atoms with van der Waals surface area (Å²) in [4.78, 5) is 0. The molecule has 1 nitrogen and oxygen atoms in total. The molecule has 2 heteroatoms. The highest BCUT2D eigenvalue weighted by Gasteiger charge is 2.25. The van der Waals surface area contributed by atoms with Gasteiger partial charge in [0.2, 0.25) is 0 Å². The van der Waals surface area contributed by atoms with Gasteiger partial charge in [-0.25, -0.2) is 0 Å². The number of fused-ring (bicyclic) bond motifs is 1. The van der Waals surface area contributed by atoms with Crippen molar-refractivity contribution in [3.63, 3.8) is 0 Å². The van der Waals surface area contributed by atoms with Crippen molar-refractivity contribution in [1.29, 1.82) is 0 Å². The van der Waals surface area contributed by atoms with Crippen LogP contribution in [0.1, 0.15) is 22.6 Å². The van der Waals surface area contributed by atoms with Gasteiger partial charge in [0.25, 0.3) is 0 Å². The molecule has 0 aromatic heterocycles. The van der Waals surface area contributed by atoms with Crippen LogP contribution >= 0.6 is 11.6 Å². The average Bonchev–Trinajstić information content (AvgIpc) is 2.74. The van der Waals surface area contributed by atoms with E-state index in [-0.39, 0.29) is 5.92 Å². The van der Waals surface area contributed by atoms with E-state index in [1.807, 2.05) is 24.3 Å². The van der Waals surface area contributed by atoms with Crippen molar-refractivity contribution in [2.45, 2.75) is 5.92 Å². The standard InChI is InChI=1S/C15H9ClO/c16-14-8-12-7-10-4-5-13(15(10)14)9-2-1-3-11(6-9)17-12/h1-8,13H.